The van der Waals surface area contributed by atoms with Crippen LogP contribution in [-0.2, 0) is 0 Å². The topological polar surface area (TPSA) is 113 Å². The molecule has 0 saturated heterocycles. The Labute approximate surface area is 149 Å². The number of hydrogen-bond acceptors (Lipinski definition) is 5. The Hall–Kier alpha value is -3.03. The summed E-state index contributed by atoms with van der Waals surface area (Å²) in [4.78, 5) is 39.1. The highest BCUT2D eigenvalue weighted by atomic mass is 16.5. The van der Waals surface area contributed by atoms with Crippen LogP contribution in [0.25, 0.3) is 5.69 Å². The number of ether oxygens (including phenoxy) is 1. The Morgan fingerprint density at radius 3 is 2.62 bits per heavy atom. The number of aromatic hydroxyl groups is 1. The van der Waals surface area contributed by atoms with E-state index >= 15 is 0 Å². The summed E-state index contributed by atoms with van der Waals surface area (Å²) in [6.45, 7) is 0. The van der Waals surface area contributed by atoms with Crippen LogP contribution in [-0.4, -0.2) is 33.7 Å². The molecular weight excluding hydrogens is 338 g/mol. The molecule has 8 heteroatoms. The monoisotopic (exact) mass is 359 g/mol. The van der Waals surface area contributed by atoms with Crippen molar-refractivity contribution in [2.45, 2.75) is 38.1 Å². The molecule has 0 unspecified atom stereocenters. The van der Waals surface area contributed by atoms with Gasteiger partial charge in [-0.05, 0) is 25.0 Å². The van der Waals surface area contributed by atoms with E-state index in [9.17, 15) is 19.5 Å². The van der Waals surface area contributed by atoms with Crippen molar-refractivity contribution in [3.8, 4) is 17.3 Å². The second kappa shape index (κ2) is 7.47. The second-order valence-electron chi connectivity index (χ2n) is 6.27. The highest BCUT2D eigenvalue weighted by Crippen LogP contribution is 2.25. The molecule has 8 nitrogen and oxygen atoms in total. The first kappa shape index (κ1) is 17.8. The third kappa shape index (κ3) is 3.35. The molecule has 3 rings (SSSR count). The van der Waals surface area contributed by atoms with E-state index in [2.05, 4.69) is 10.3 Å². The maximum absolute atomic E-state index is 12.6. The van der Waals surface area contributed by atoms with E-state index in [4.69, 9.17) is 4.74 Å². The molecule has 1 aliphatic rings. The molecule has 1 saturated carbocycles. The summed E-state index contributed by atoms with van der Waals surface area (Å²) >= 11 is 0. The van der Waals surface area contributed by atoms with E-state index in [0.717, 1.165) is 36.7 Å². The number of aromatic nitrogens is 2. The van der Waals surface area contributed by atoms with Gasteiger partial charge in [0.1, 0.15) is 5.75 Å². The molecule has 138 valence electrons. The van der Waals surface area contributed by atoms with Crippen molar-refractivity contribution in [2.24, 2.45) is 0 Å². The number of amides is 1. The smallest absolute Gasteiger partial charge is 0.335 e. The van der Waals surface area contributed by atoms with Crippen molar-refractivity contribution < 1.29 is 14.6 Å². The fraction of sp³-hybridized carbons (Fsp3) is 0.389. The number of carbonyl (C=O) groups excluding carboxylic acids is 1. The molecule has 26 heavy (non-hydrogen) atoms. The van der Waals surface area contributed by atoms with Gasteiger partial charge in [0.25, 0.3) is 11.5 Å². The van der Waals surface area contributed by atoms with Crippen molar-refractivity contribution in [1.82, 2.24) is 14.9 Å². The van der Waals surface area contributed by atoms with E-state index in [0.29, 0.717) is 5.75 Å². The van der Waals surface area contributed by atoms with Gasteiger partial charge in [0.05, 0.1) is 12.8 Å². The minimum Gasteiger partial charge on any atom is -0.495 e. The van der Waals surface area contributed by atoms with Gasteiger partial charge in [-0.3, -0.25) is 14.6 Å². The summed E-state index contributed by atoms with van der Waals surface area (Å²) in [5, 5.41) is 13.3. The van der Waals surface area contributed by atoms with Gasteiger partial charge >= 0.3 is 5.69 Å². The highest BCUT2D eigenvalue weighted by Gasteiger charge is 2.25. The van der Waals surface area contributed by atoms with Crippen molar-refractivity contribution in [3.63, 3.8) is 0 Å². The van der Waals surface area contributed by atoms with Crippen LogP contribution >= 0.6 is 0 Å². The van der Waals surface area contributed by atoms with Crippen LogP contribution in [0, 0.1) is 0 Å². The minimum absolute atomic E-state index is 0.0401. The summed E-state index contributed by atoms with van der Waals surface area (Å²) in [7, 11) is 1.42. The molecule has 1 aromatic carbocycles. The summed E-state index contributed by atoms with van der Waals surface area (Å²) in [5.41, 5.74) is -2.04. The molecular formula is C18H21N3O5. The average Bonchev–Trinajstić information content (AvgIpc) is 2.62. The maximum atomic E-state index is 12.6. The Bertz CT molecular complexity index is 925. The zero-order chi connectivity index (χ0) is 18.7. The van der Waals surface area contributed by atoms with E-state index in [1.807, 2.05) is 0 Å². The number of hydrogen-bond donors (Lipinski definition) is 3. The molecule has 1 aliphatic carbocycles. The maximum Gasteiger partial charge on any atom is 0.335 e. The molecule has 0 spiro atoms. The van der Waals surface area contributed by atoms with Gasteiger partial charge in [0.15, 0.2) is 5.56 Å². The number of nitrogens with zero attached hydrogens (tertiary/aromatic N) is 1. The molecule has 3 N–H and O–H groups in total. The van der Waals surface area contributed by atoms with Crippen molar-refractivity contribution in [3.05, 3.63) is 50.7 Å². The molecule has 1 amide bonds. The first-order chi connectivity index (χ1) is 12.5. The van der Waals surface area contributed by atoms with Crippen LogP contribution in [0.15, 0.2) is 33.9 Å². The molecule has 0 aliphatic heterocycles. The van der Waals surface area contributed by atoms with Gasteiger partial charge in [-0.1, -0.05) is 31.4 Å². The third-order valence-corrected chi connectivity index (χ3v) is 4.58. The first-order valence-corrected chi connectivity index (χ1v) is 8.55. The Morgan fingerprint density at radius 2 is 1.92 bits per heavy atom. The van der Waals surface area contributed by atoms with Crippen molar-refractivity contribution in [2.75, 3.05) is 7.11 Å². The third-order valence-electron chi connectivity index (χ3n) is 4.58. The molecule has 2 aromatic rings. The Balaban J connectivity index is 2.05. The number of nitrogens with one attached hydrogen (secondary N) is 2. The van der Waals surface area contributed by atoms with Crippen LogP contribution in [0.1, 0.15) is 42.5 Å². The lowest BCUT2D eigenvalue weighted by Crippen LogP contribution is -2.41. The highest BCUT2D eigenvalue weighted by molar-refractivity contribution is 5.96. The number of rotatable bonds is 4. The molecule has 1 heterocycles. The number of benzene rings is 1. The normalized spacial score (nSPS) is 14.8. The van der Waals surface area contributed by atoms with Crippen molar-refractivity contribution >= 4 is 5.91 Å². The van der Waals surface area contributed by atoms with Crippen LogP contribution in [0.4, 0.5) is 0 Å². The molecule has 1 aromatic heterocycles. The van der Waals surface area contributed by atoms with Gasteiger partial charge in [0.2, 0.25) is 5.88 Å². The van der Waals surface area contributed by atoms with Crippen LogP contribution in [0.5, 0.6) is 11.6 Å². The number of aromatic amines is 1. The Kier molecular flexibility index (Phi) is 5.11. The Morgan fingerprint density at radius 1 is 1.23 bits per heavy atom. The van der Waals surface area contributed by atoms with E-state index in [1.165, 1.54) is 7.11 Å². The number of carbonyl (C=O) groups is 1. The predicted octanol–water partition coefficient (Wildman–Crippen LogP) is 1.30. The standard InChI is InChI=1S/C18H21N3O5/c1-26-13-10-6-5-9-12(13)21-17(24)14(16(23)20-18(21)25)15(22)19-11-7-3-2-4-8-11/h5-6,9-11,24H,2-4,7-8H2,1H3,(H,19,22)(H,20,23,25). The lowest BCUT2D eigenvalue weighted by atomic mass is 9.95. The number of methoxy groups -OCH3 is 1. The fourth-order valence-electron chi connectivity index (χ4n) is 3.27. The summed E-state index contributed by atoms with van der Waals surface area (Å²) in [5.74, 6) is -1.09. The van der Waals surface area contributed by atoms with Gasteiger partial charge < -0.3 is 15.2 Å². The molecule has 0 atom stereocenters. The summed E-state index contributed by atoms with van der Waals surface area (Å²) in [6.07, 6.45) is 4.80. The summed E-state index contributed by atoms with van der Waals surface area (Å²) < 4.78 is 6.06. The quantitative estimate of drug-likeness (QED) is 0.761. The predicted molar refractivity (Wildman–Crippen MR) is 95.2 cm³/mol. The van der Waals surface area contributed by atoms with E-state index in [-0.39, 0.29) is 11.7 Å². The average molecular weight is 359 g/mol. The van der Waals surface area contributed by atoms with E-state index in [1.54, 1.807) is 24.3 Å². The van der Waals surface area contributed by atoms with Crippen LogP contribution in [0.3, 0.4) is 0 Å². The zero-order valence-electron chi connectivity index (χ0n) is 14.4. The zero-order valence-corrected chi connectivity index (χ0v) is 14.4. The minimum atomic E-state index is -0.924. The lowest BCUT2D eigenvalue weighted by Gasteiger charge is -2.23. The van der Waals surface area contributed by atoms with E-state index < -0.39 is 28.6 Å². The molecule has 0 bridgehead atoms. The first-order valence-electron chi connectivity index (χ1n) is 8.55. The second-order valence-corrected chi connectivity index (χ2v) is 6.27. The lowest BCUT2D eigenvalue weighted by molar-refractivity contribution is 0.0922. The number of para-hydroxylation sites is 2. The molecule has 1 fully saturated rings. The van der Waals surface area contributed by atoms with Crippen LogP contribution < -0.4 is 21.3 Å². The van der Waals surface area contributed by atoms with Gasteiger partial charge in [-0.2, -0.15) is 0 Å². The largest absolute Gasteiger partial charge is 0.495 e. The van der Waals surface area contributed by atoms with Crippen molar-refractivity contribution in [1.29, 1.82) is 0 Å². The summed E-state index contributed by atoms with van der Waals surface area (Å²) in [6, 6.07) is 6.46. The fourth-order valence-corrected chi connectivity index (χ4v) is 3.27. The van der Waals surface area contributed by atoms with Gasteiger partial charge in [-0.15, -0.1) is 0 Å². The van der Waals surface area contributed by atoms with Crippen LogP contribution in [0.2, 0.25) is 0 Å². The van der Waals surface area contributed by atoms with Gasteiger partial charge in [-0.25, -0.2) is 9.36 Å². The number of H-pyrrole nitrogens is 1. The molecule has 0 radical (unpaired) electrons. The van der Waals surface area contributed by atoms with Gasteiger partial charge in [0, 0.05) is 6.04 Å². The SMILES string of the molecule is COc1ccccc1-n1c(O)c(C(=O)NC2CCCCC2)c(=O)[nH]c1=O.